The molecule has 1 saturated heterocycles. The van der Waals surface area contributed by atoms with Crippen LogP contribution >= 0.6 is 12.4 Å². The summed E-state index contributed by atoms with van der Waals surface area (Å²) >= 11 is 0. The average molecular weight is 255 g/mol. The van der Waals surface area contributed by atoms with Crippen LogP contribution in [0.4, 0.5) is 0 Å². The van der Waals surface area contributed by atoms with Gasteiger partial charge < -0.3 is 10.2 Å². The van der Waals surface area contributed by atoms with Crippen LogP contribution in [0.15, 0.2) is 24.3 Å². The quantitative estimate of drug-likeness (QED) is 0.874. The van der Waals surface area contributed by atoms with Gasteiger partial charge in [0.05, 0.1) is 0 Å². The normalized spacial score (nSPS) is 18.9. The summed E-state index contributed by atoms with van der Waals surface area (Å²) in [5.41, 5.74) is 1.89. The molecule has 0 bridgehead atoms. The molecular weight excluding hydrogens is 236 g/mol. The van der Waals surface area contributed by atoms with Crippen LogP contribution in [0, 0.1) is 6.92 Å². The van der Waals surface area contributed by atoms with E-state index in [1.165, 1.54) is 0 Å². The zero-order valence-electron chi connectivity index (χ0n) is 10.3. The number of hydrogen-bond acceptors (Lipinski definition) is 2. The number of amides is 1. The Hall–Kier alpha value is -1.06. The van der Waals surface area contributed by atoms with Gasteiger partial charge in [0, 0.05) is 24.7 Å². The van der Waals surface area contributed by atoms with Gasteiger partial charge in [-0.25, -0.2) is 0 Å². The lowest BCUT2D eigenvalue weighted by molar-refractivity contribution is 0.0789. The lowest BCUT2D eigenvalue weighted by atomic mass is 10.1. The number of likely N-dealkylation sites (N-methyl/N-ethyl adjacent to an activating group) is 1. The van der Waals surface area contributed by atoms with E-state index in [2.05, 4.69) is 5.32 Å². The van der Waals surface area contributed by atoms with Crippen molar-refractivity contribution in [2.75, 3.05) is 20.1 Å². The first-order valence-electron chi connectivity index (χ1n) is 5.74. The van der Waals surface area contributed by atoms with E-state index in [1.54, 1.807) is 0 Å². The monoisotopic (exact) mass is 254 g/mol. The van der Waals surface area contributed by atoms with Crippen LogP contribution in [0.5, 0.6) is 0 Å². The molecule has 0 saturated carbocycles. The third-order valence-electron chi connectivity index (χ3n) is 3.26. The Balaban J connectivity index is 0.00000144. The van der Waals surface area contributed by atoms with Crippen molar-refractivity contribution in [3.8, 4) is 0 Å². The zero-order chi connectivity index (χ0) is 11.5. The van der Waals surface area contributed by atoms with Gasteiger partial charge >= 0.3 is 0 Å². The number of hydrogen-bond donors (Lipinski definition) is 1. The molecule has 1 aliphatic heterocycles. The lowest BCUT2D eigenvalue weighted by Gasteiger charge is -2.17. The maximum atomic E-state index is 12.2. The minimum Gasteiger partial charge on any atom is -0.337 e. The number of aryl methyl sites for hydroxylation is 1. The average Bonchev–Trinajstić information content (AvgIpc) is 2.77. The minimum atomic E-state index is 0. The highest BCUT2D eigenvalue weighted by molar-refractivity contribution is 5.95. The molecule has 1 aliphatic rings. The highest BCUT2D eigenvalue weighted by atomic mass is 35.5. The molecule has 0 radical (unpaired) electrons. The molecular formula is C13H19ClN2O. The Bertz CT molecular complexity index is 395. The molecule has 0 aromatic heterocycles. The molecule has 4 heteroatoms. The SMILES string of the molecule is CNC1CCN(C(=O)c2ccccc2C)C1.Cl. The Kier molecular flexibility index (Phi) is 4.97. The van der Waals surface area contributed by atoms with Gasteiger partial charge in [-0.1, -0.05) is 18.2 Å². The van der Waals surface area contributed by atoms with Crippen molar-refractivity contribution < 1.29 is 4.79 Å². The minimum absolute atomic E-state index is 0. The molecule has 17 heavy (non-hydrogen) atoms. The third kappa shape index (κ3) is 2.99. The van der Waals surface area contributed by atoms with Gasteiger partial charge in [0.15, 0.2) is 0 Å². The van der Waals surface area contributed by atoms with Gasteiger partial charge in [-0.05, 0) is 32.0 Å². The van der Waals surface area contributed by atoms with E-state index < -0.39 is 0 Å². The van der Waals surface area contributed by atoms with Gasteiger partial charge in [-0.15, -0.1) is 12.4 Å². The second-order valence-corrected chi connectivity index (χ2v) is 4.34. The standard InChI is InChI=1S/C13H18N2O.ClH/c1-10-5-3-4-6-12(10)13(16)15-8-7-11(9-15)14-2;/h3-6,11,14H,7-9H2,1-2H3;1H. The fourth-order valence-electron chi connectivity index (χ4n) is 2.16. The molecule has 1 aromatic rings. The number of nitrogens with one attached hydrogen (secondary N) is 1. The summed E-state index contributed by atoms with van der Waals surface area (Å²) in [5.74, 6) is 0.163. The van der Waals surface area contributed by atoms with E-state index in [9.17, 15) is 4.79 Å². The summed E-state index contributed by atoms with van der Waals surface area (Å²) in [5, 5.41) is 3.22. The number of carbonyl (C=O) groups is 1. The largest absolute Gasteiger partial charge is 0.337 e. The maximum absolute atomic E-state index is 12.2. The lowest BCUT2D eigenvalue weighted by Crippen LogP contribution is -2.33. The van der Waals surface area contributed by atoms with Crippen LogP contribution in [0.2, 0.25) is 0 Å². The van der Waals surface area contributed by atoms with Crippen LogP contribution in [-0.2, 0) is 0 Å². The summed E-state index contributed by atoms with van der Waals surface area (Å²) < 4.78 is 0. The van der Waals surface area contributed by atoms with Gasteiger partial charge in [-0.3, -0.25) is 4.79 Å². The highest BCUT2D eigenvalue weighted by Crippen LogP contribution is 2.15. The molecule has 0 spiro atoms. The van der Waals surface area contributed by atoms with E-state index in [0.717, 1.165) is 30.6 Å². The van der Waals surface area contributed by atoms with Crippen molar-refractivity contribution in [3.63, 3.8) is 0 Å². The van der Waals surface area contributed by atoms with Crippen LogP contribution < -0.4 is 5.32 Å². The van der Waals surface area contributed by atoms with Crippen molar-refractivity contribution in [2.45, 2.75) is 19.4 Å². The summed E-state index contributed by atoms with van der Waals surface area (Å²) in [7, 11) is 1.95. The number of rotatable bonds is 2. The van der Waals surface area contributed by atoms with Crippen molar-refractivity contribution in [1.82, 2.24) is 10.2 Å². The molecule has 1 amide bonds. The summed E-state index contributed by atoms with van der Waals surface area (Å²) in [6, 6.07) is 8.23. The molecule has 1 aromatic carbocycles. The van der Waals surface area contributed by atoms with Crippen molar-refractivity contribution in [2.24, 2.45) is 0 Å². The van der Waals surface area contributed by atoms with Gasteiger partial charge in [0.25, 0.3) is 5.91 Å². The van der Waals surface area contributed by atoms with Crippen molar-refractivity contribution in [3.05, 3.63) is 35.4 Å². The molecule has 0 aliphatic carbocycles. The van der Waals surface area contributed by atoms with Crippen LogP contribution in [0.3, 0.4) is 0 Å². The number of halogens is 1. The van der Waals surface area contributed by atoms with E-state index in [0.29, 0.717) is 6.04 Å². The molecule has 1 fully saturated rings. The molecule has 1 N–H and O–H groups in total. The second kappa shape index (κ2) is 6.03. The van der Waals surface area contributed by atoms with E-state index in [-0.39, 0.29) is 18.3 Å². The smallest absolute Gasteiger partial charge is 0.254 e. The Labute approximate surface area is 109 Å². The summed E-state index contributed by atoms with van der Waals surface area (Å²) in [6.07, 6.45) is 1.05. The predicted octanol–water partition coefficient (Wildman–Crippen LogP) is 1.85. The first-order valence-corrected chi connectivity index (χ1v) is 5.74. The molecule has 3 nitrogen and oxygen atoms in total. The van der Waals surface area contributed by atoms with Gasteiger partial charge in [0.2, 0.25) is 0 Å². The van der Waals surface area contributed by atoms with Crippen molar-refractivity contribution in [1.29, 1.82) is 0 Å². The number of nitrogens with zero attached hydrogens (tertiary/aromatic N) is 1. The van der Waals surface area contributed by atoms with E-state index in [1.807, 2.05) is 43.1 Å². The number of likely N-dealkylation sites (tertiary alicyclic amines) is 1. The van der Waals surface area contributed by atoms with Crippen molar-refractivity contribution >= 4 is 18.3 Å². The molecule has 1 atom stereocenters. The van der Waals surface area contributed by atoms with Crippen LogP contribution in [0.25, 0.3) is 0 Å². The first kappa shape index (κ1) is 14.0. The van der Waals surface area contributed by atoms with E-state index >= 15 is 0 Å². The molecule has 1 heterocycles. The van der Waals surface area contributed by atoms with Gasteiger partial charge in [-0.2, -0.15) is 0 Å². The third-order valence-corrected chi connectivity index (χ3v) is 3.26. The molecule has 1 unspecified atom stereocenters. The second-order valence-electron chi connectivity index (χ2n) is 4.34. The zero-order valence-corrected chi connectivity index (χ0v) is 11.1. The molecule has 94 valence electrons. The Morgan fingerprint density at radius 1 is 1.41 bits per heavy atom. The molecule has 2 rings (SSSR count). The first-order chi connectivity index (χ1) is 7.72. The van der Waals surface area contributed by atoms with E-state index in [4.69, 9.17) is 0 Å². The highest BCUT2D eigenvalue weighted by Gasteiger charge is 2.26. The summed E-state index contributed by atoms with van der Waals surface area (Å²) in [6.45, 7) is 3.67. The topological polar surface area (TPSA) is 32.3 Å². The van der Waals surface area contributed by atoms with Gasteiger partial charge in [0.1, 0.15) is 0 Å². The van der Waals surface area contributed by atoms with Crippen LogP contribution in [0.1, 0.15) is 22.3 Å². The fraction of sp³-hybridized carbons (Fsp3) is 0.462. The Morgan fingerprint density at radius 3 is 2.71 bits per heavy atom. The van der Waals surface area contributed by atoms with Crippen LogP contribution in [-0.4, -0.2) is 37.0 Å². The summed E-state index contributed by atoms with van der Waals surface area (Å²) in [4.78, 5) is 14.2. The maximum Gasteiger partial charge on any atom is 0.254 e. The Morgan fingerprint density at radius 2 is 2.12 bits per heavy atom. The number of benzene rings is 1. The fourth-order valence-corrected chi connectivity index (χ4v) is 2.16. The predicted molar refractivity (Wildman–Crippen MR) is 71.8 cm³/mol. The number of carbonyl (C=O) groups excluding carboxylic acids is 1.